The summed E-state index contributed by atoms with van der Waals surface area (Å²) < 4.78 is 0. The molecule has 0 fully saturated rings. The molecule has 4 heteroatoms. The van der Waals surface area contributed by atoms with E-state index in [0.29, 0.717) is 5.69 Å². The van der Waals surface area contributed by atoms with Crippen LogP contribution in [-0.2, 0) is 0 Å². The zero-order valence-corrected chi connectivity index (χ0v) is 9.91. The smallest absolute Gasteiger partial charge is 0.118 e. The summed E-state index contributed by atoms with van der Waals surface area (Å²) in [5, 5.41) is 18.2. The number of aliphatic hydroxyl groups is 1. The molecule has 0 aliphatic heterocycles. The van der Waals surface area contributed by atoms with E-state index in [4.69, 9.17) is 0 Å². The van der Waals surface area contributed by atoms with Gasteiger partial charge in [-0.3, -0.25) is 0 Å². The second kappa shape index (κ2) is 4.93. The summed E-state index contributed by atoms with van der Waals surface area (Å²) in [6.07, 6.45) is 2.63. The Labute approximate surface area is 100 Å². The van der Waals surface area contributed by atoms with E-state index < -0.39 is 6.10 Å². The molecule has 2 aromatic rings. The fraction of sp³-hybridized carbons (Fsp3) is 0.231. The minimum absolute atomic E-state index is 0.551. The molecule has 1 unspecified atom stereocenters. The summed E-state index contributed by atoms with van der Waals surface area (Å²) in [7, 11) is 0. The summed E-state index contributed by atoms with van der Waals surface area (Å²) in [5.41, 5.74) is 2.48. The molecular formula is C13H15N3O. The Kier molecular flexibility index (Phi) is 3.35. The van der Waals surface area contributed by atoms with Gasteiger partial charge in [0.25, 0.3) is 0 Å². The first-order valence-corrected chi connectivity index (χ1v) is 5.47. The lowest BCUT2D eigenvalue weighted by Gasteiger charge is -2.01. The highest BCUT2D eigenvalue weighted by atomic mass is 16.3. The zero-order valence-electron chi connectivity index (χ0n) is 9.91. The number of nitrogens with zero attached hydrogens (tertiary/aromatic N) is 3. The fourth-order valence-corrected chi connectivity index (χ4v) is 1.50. The number of rotatable bonds is 3. The Morgan fingerprint density at radius 3 is 2.65 bits per heavy atom. The molecule has 0 aliphatic rings. The van der Waals surface area contributed by atoms with E-state index in [1.54, 1.807) is 12.3 Å². The van der Waals surface area contributed by atoms with Crippen molar-refractivity contribution in [3.05, 3.63) is 53.9 Å². The summed E-state index contributed by atoms with van der Waals surface area (Å²) >= 11 is 0. The van der Waals surface area contributed by atoms with E-state index in [1.807, 2.05) is 44.2 Å². The molecule has 1 atom stereocenters. The van der Waals surface area contributed by atoms with Crippen molar-refractivity contribution in [1.82, 2.24) is 15.0 Å². The molecule has 4 nitrogen and oxygen atoms in total. The molecule has 1 heterocycles. The molecule has 0 saturated carbocycles. The van der Waals surface area contributed by atoms with Crippen LogP contribution in [-0.4, -0.2) is 20.1 Å². The molecule has 17 heavy (non-hydrogen) atoms. The number of benzene rings is 1. The van der Waals surface area contributed by atoms with Crippen LogP contribution < -0.4 is 0 Å². The van der Waals surface area contributed by atoms with Crippen LogP contribution in [0.15, 0.2) is 48.2 Å². The highest BCUT2D eigenvalue weighted by molar-refractivity contribution is 5.28. The molecule has 2 rings (SSSR count). The van der Waals surface area contributed by atoms with Gasteiger partial charge in [0.2, 0.25) is 0 Å². The van der Waals surface area contributed by atoms with Crippen molar-refractivity contribution in [3.63, 3.8) is 0 Å². The van der Waals surface area contributed by atoms with Gasteiger partial charge in [-0.2, -0.15) is 15.0 Å². The normalized spacial score (nSPS) is 12.2. The minimum atomic E-state index is -0.697. The number of hydrogen-bond acceptors (Lipinski definition) is 3. The minimum Gasteiger partial charge on any atom is -0.383 e. The van der Waals surface area contributed by atoms with Crippen molar-refractivity contribution in [2.75, 3.05) is 0 Å². The molecule has 0 saturated heterocycles. The molecule has 88 valence electrons. The SMILES string of the molecule is CC(C)=CC(O)c1cnn(-c2ccccc2)n1. The molecular weight excluding hydrogens is 214 g/mol. The first-order valence-electron chi connectivity index (χ1n) is 5.47. The molecule has 0 amide bonds. The van der Waals surface area contributed by atoms with Gasteiger partial charge >= 0.3 is 0 Å². The van der Waals surface area contributed by atoms with E-state index >= 15 is 0 Å². The number of para-hydroxylation sites is 1. The maximum atomic E-state index is 9.86. The van der Waals surface area contributed by atoms with E-state index in [2.05, 4.69) is 10.2 Å². The second-order valence-corrected chi connectivity index (χ2v) is 4.08. The predicted molar refractivity (Wildman–Crippen MR) is 65.7 cm³/mol. The summed E-state index contributed by atoms with van der Waals surface area (Å²) in [6.45, 7) is 3.87. The third-order valence-electron chi connectivity index (χ3n) is 2.29. The van der Waals surface area contributed by atoms with Gasteiger partial charge in [0, 0.05) is 0 Å². The van der Waals surface area contributed by atoms with Gasteiger partial charge in [0.1, 0.15) is 11.8 Å². The van der Waals surface area contributed by atoms with Crippen molar-refractivity contribution in [2.45, 2.75) is 20.0 Å². The van der Waals surface area contributed by atoms with E-state index in [1.165, 1.54) is 4.80 Å². The Morgan fingerprint density at radius 1 is 1.29 bits per heavy atom. The number of hydrogen-bond donors (Lipinski definition) is 1. The third kappa shape index (κ3) is 2.79. The van der Waals surface area contributed by atoms with Gasteiger partial charge < -0.3 is 5.11 Å². The molecule has 0 radical (unpaired) electrons. The average molecular weight is 229 g/mol. The zero-order chi connectivity index (χ0) is 12.3. The largest absolute Gasteiger partial charge is 0.383 e. The first-order chi connectivity index (χ1) is 8.16. The van der Waals surface area contributed by atoms with Crippen molar-refractivity contribution < 1.29 is 5.11 Å². The molecule has 1 N–H and O–H groups in total. The molecule has 0 spiro atoms. The molecule has 0 aliphatic carbocycles. The third-order valence-corrected chi connectivity index (χ3v) is 2.29. The Balaban J connectivity index is 2.25. The average Bonchev–Trinajstić information content (AvgIpc) is 2.78. The van der Waals surface area contributed by atoms with Crippen LogP contribution in [0.4, 0.5) is 0 Å². The van der Waals surface area contributed by atoms with Gasteiger partial charge in [-0.25, -0.2) is 0 Å². The fourth-order valence-electron chi connectivity index (χ4n) is 1.50. The highest BCUT2D eigenvalue weighted by Gasteiger charge is 2.09. The quantitative estimate of drug-likeness (QED) is 0.821. The van der Waals surface area contributed by atoms with Gasteiger partial charge in [0.05, 0.1) is 11.9 Å². The Hall–Kier alpha value is -1.94. The number of aromatic nitrogens is 3. The summed E-state index contributed by atoms with van der Waals surface area (Å²) in [4.78, 5) is 1.51. The maximum Gasteiger partial charge on any atom is 0.118 e. The summed E-state index contributed by atoms with van der Waals surface area (Å²) in [6, 6.07) is 9.61. The van der Waals surface area contributed by atoms with Crippen LogP contribution >= 0.6 is 0 Å². The summed E-state index contributed by atoms with van der Waals surface area (Å²) in [5.74, 6) is 0. The molecule has 1 aromatic heterocycles. The van der Waals surface area contributed by atoms with Crippen LogP contribution in [0.25, 0.3) is 5.69 Å². The Bertz CT molecular complexity index is 512. The first kappa shape index (κ1) is 11.5. The van der Waals surface area contributed by atoms with Crippen LogP contribution in [0, 0.1) is 0 Å². The van der Waals surface area contributed by atoms with E-state index in [9.17, 15) is 5.11 Å². The second-order valence-electron chi connectivity index (χ2n) is 4.08. The highest BCUT2D eigenvalue weighted by Crippen LogP contribution is 2.13. The maximum absolute atomic E-state index is 9.86. The van der Waals surface area contributed by atoms with Crippen molar-refractivity contribution in [2.24, 2.45) is 0 Å². The van der Waals surface area contributed by atoms with Gasteiger partial charge in [0.15, 0.2) is 0 Å². The lowest BCUT2D eigenvalue weighted by molar-refractivity contribution is 0.222. The van der Waals surface area contributed by atoms with Crippen molar-refractivity contribution >= 4 is 0 Å². The van der Waals surface area contributed by atoms with Crippen LogP contribution in [0.1, 0.15) is 25.6 Å². The number of aliphatic hydroxyl groups excluding tert-OH is 1. The van der Waals surface area contributed by atoms with Gasteiger partial charge in [-0.1, -0.05) is 29.8 Å². The van der Waals surface area contributed by atoms with Gasteiger partial charge in [-0.05, 0) is 26.0 Å². The number of allylic oxidation sites excluding steroid dienone is 1. The standard InChI is InChI=1S/C13H15N3O/c1-10(2)8-13(17)12-9-14-16(15-12)11-6-4-3-5-7-11/h3-9,13,17H,1-2H3. The monoisotopic (exact) mass is 229 g/mol. The van der Waals surface area contributed by atoms with Crippen LogP contribution in [0.3, 0.4) is 0 Å². The van der Waals surface area contributed by atoms with E-state index in [-0.39, 0.29) is 0 Å². The predicted octanol–water partition coefficient (Wildman–Crippen LogP) is 2.27. The lowest BCUT2D eigenvalue weighted by Crippen LogP contribution is -2.00. The van der Waals surface area contributed by atoms with Crippen molar-refractivity contribution in [1.29, 1.82) is 0 Å². The van der Waals surface area contributed by atoms with Crippen LogP contribution in [0.5, 0.6) is 0 Å². The van der Waals surface area contributed by atoms with Crippen LogP contribution in [0.2, 0.25) is 0 Å². The lowest BCUT2D eigenvalue weighted by atomic mass is 10.2. The molecule has 1 aromatic carbocycles. The van der Waals surface area contributed by atoms with Gasteiger partial charge in [-0.15, -0.1) is 0 Å². The van der Waals surface area contributed by atoms with Crippen molar-refractivity contribution in [3.8, 4) is 5.69 Å². The topological polar surface area (TPSA) is 50.9 Å². The Morgan fingerprint density at radius 2 is 2.00 bits per heavy atom. The van der Waals surface area contributed by atoms with E-state index in [0.717, 1.165) is 11.3 Å². The molecule has 0 bridgehead atoms.